The van der Waals surface area contributed by atoms with E-state index >= 15 is 0 Å². The zero-order valence-corrected chi connectivity index (χ0v) is 10.4. The fourth-order valence-electron chi connectivity index (χ4n) is 1.31. The first-order chi connectivity index (χ1) is 8.11. The van der Waals surface area contributed by atoms with Gasteiger partial charge in [0.15, 0.2) is 0 Å². The molecule has 0 bridgehead atoms. The maximum atomic E-state index is 11.5. The predicted molar refractivity (Wildman–Crippen MR) is 71.0 cm³/mol. The number of nitrogen functional groups attached to an aromatic ring is 1. The number of nitrogens with one attached hydrogen (secondary N) is 2. The van der Waals surface area contributed by atoms with Crippen molar-refractivity contribution >= 4 is 17.4 Å². The third kappa shape index (κ3) is 5.21. The molecule has 0 fully saturated rings. The summed E-state index contributed by atoms with van der Waals surface area (Å²) >= 11 is 0. The highest BCUT2D eigenvalue weighted by atomic mass is 16.2. The maximum Gasteiger partial charge on any atom is 0.319 e. The van der Waals surface area contributed by atoms with Crippen molar-refractivity contribution in [2.75, 3.05) is 37.7 Å². The van der Waals surface area contributed by atoms with Crippen LogP contribution in [0.5, 0.6) is 0 Å². The number of hydrogen-bond acceptors (Lipinski definition) is 3. The summed E-state index contributed by atoms with van der Waals surface area (Å²) in [6.07, 6.45) is 0. The molecule has 0 saturated carbocycles. The molecule has 0 atom stereocenters. The second-order valence-electron chi connectivity index (χ2n) is 3.90. The molecule has 0 aliphatic carbocycles. The van der Waals surface area contributed by atoms with Gasteiger partial charge in [-0.05, 0) is 31.8 Å². The van der Waals surface area contributed by atoms with Crippen molar-refractivity contribution in [2.24, 2.45) is 0 Å². The van der Waals surface area contributed by atoms with E-state index in [1.165, 1.54) is 0 Å². The van der Waals surface area contributed by atoms with Crippen LogP contribution in [-0.2, 0) is 0 Å². The van der Waals surface area contributed by atoms with Gasteiger partial charge in [-0.1, -0.05) is 13.0 Å². The van der Waals surface area contributed by atoms with Crippen molar-refractivity contribution < 1.29 is 4.79 Å². The summed E-state index contributed by atoms with van der Waals surface area (Å²) in [7, 11) is 2.01. The van der Waals surface area contributed by atoms with Crippen LogP contribution in [0.25, 0.3) is 0 Å². The molecule has 4 N–H and O–H groups in total. The van der Waals surface area contributed by atoms with Crippen molar-refractivity contribution in [1.82, 2.24) is 10.2 Å². The van der Waals surface area contributed by atoms with E-state index in [4.69, 9.17) is 5.73 Å². The summed E-state index contributed by atoms with van der Waals surface area (Å²) in [4.78, 5) is 13.6. The number of nitrogens with zero attached hydrogens (tertiary/aromatic N) is 1. The lowest BCUT2D eigenvalue weighted by Crippen LogP contribution is -2.35. The van der Waals surface area contributed by atoms with Gasteiger partial charge >= 0.3 is 6.03 Å². The second-order valence-corrected chi connectivity index (χ2v) is 3.90. The quantitative estimate of drug-likeness (QED) is 0.676. The molecular formula is C12H20N4O. The first-order valence-electron chi connectivity index (χ1n) is 5.70. The van der Waals surface area contributed by atoms with E-state index in [9.17, 15) is 4.79 Å². The van der Waals surface area contributed by atoms with Crippen molar-refractivity contribution in [3.63, 3.8) is 0 Å². The van der Waals surface area contributed by atoms with Crippen molar-refractivity contribution in [3.8, 4) is 0 Å². The molecule has 0 saturated heterocycles. The average Bonchev–Trinajstić information content (AvgIpc) is 2.28. The Morgan fingerprint density at radius 1 is 1.47 bits per heavy atom. The Labute approximate surface area is 102 Å². The molecule has 0 spiro atoms. The third-order valence-electron chi connectivity index (χ3n) is 2.46. The Morgan fingerprint density at radius 2 is 2.24 bits per heavy atom. The fraction of sp³-hybridized carbons (Fsp3) is 0.417. The number of hydrogen-bond donors (Lipinski definition) is 3. The lowest BCUT2D eigenvalue weighted by molar-refractivity contribution is 0.250. The Balaban J connectivity index is 2.30. The summed E-state index contributed by atoms with van der Waals surface area (Å²) in [5, 5.41) is 5.51. The molecule has 1 aromatic carbocycles. The van der Waals surface area contributed by atoms with Crippen LogP contribution < -0.4 is 16.4 Å². The van der Waals surface area contributed by atoms with Gasteiger partial charge in [-0.25, -0.2) is 4.79 Å². The molecule has 2 amide bonds. The van der Waals surface area contributed by atoms with E-state index in [1.54, 1.807) is 24.3 Å². The first kappa shape index (κ1) is 13.3. The van der Waals surface area contributed by atoms with E-state index in [-0.39, 0.29) is 6.03 Å². The van der Waals surface area contributed by atoms with E-state index in [2.05, 4.69) is 22.5 Å². The van der Waals surface area contributed by atoms with Gasteiger partial charge in [-0.2, -0.15) is 0 Å². The highest BCUT2D eigenvalue weighted by Crippen LogP contribution is 2.11. The molecule has 0 unspecified atom stereocenters. The molecule has 17 heavy (non-hydrogen) atoms. The van der Waals surface area contributed by atoms with Gasteiger partial charge in [0.05, 0.1) is 0 Å². The largest absolute Gasteiger partial charge is 0.399 e. The minimum Gasteiger partial charge on any atom is -0.399 e. The highest BCUT2D eigenvalue weighted by molar-refractivity contribution is 5.89. The maximum absolute atomic E-state index is 11.5. The van der Waals surface area contributed by atoms with Crippen LogP contribution in [-0.4, -0.2) is 37.6 Å². The topological polar surface area (TPSA) is 70.4 Å². The van der Waals surface area contributed by atoms with Gasteiger partial charge in [0.1, 0.15) is 0 Å². The predicted octanol–water partition coefficient (Wildman–Crippen LogP) is 1.34. The highest BCUT2D eigenvalue weighted by Gasteiger charge is 2.01. The van der Waals surface area contributed by atoms with Crippen molar-refractivity contribution in [2.45, 2.75) is 6.92 Å². The zero-order chi connectivity index (χ0) is 12.7. The molecule has 94 valence electrons. The number of benzene rings is 1. The summed E-state index contributed by atoms with van der Waals surface area (Å²) in [5.74, 6) is 0. The minimum absolute atomic E-state index is 0.208. The zero-order valence-electron chi connectivity index (χ0n) is 10.4. The van der Waals surface area contributed by atoms with Crippen LogP contribution in [0.2, 0.25) is 0 Å². The van der Waals surface area contributed by atoms with E-state index in [0.717, 1.165) is 13.1 Å². The van der Waals surface area contributed by atoms with Crippen LogP contribution >= 0.6 is 0 Å². The van der Waals surface area contributed by atoms with Crippen LogP contribution in [0.4, 0.5) is 16.2 Å². The molecule has 0 aliphatic rings. The number of rotatable bonds is 5. The number of carbonyl (C=O) groups excluding carboxylic acids is 1. The molecule has 1 aromatic rings. The molecular weight excluding hydrogens is 216 g/mol. The fourth-order valence-corrected chi connectivity index (χ4v) is 1.31. The van der Waals surface area contributed by atoms with E-state index in [0.29, 0.717) is 17.9 Å². The molecule has 0 heterocycles. The van der Waals surface area contributed by atoms with Gasteiger partial charge in [-0.3, -0.25) is 0 Å². The normalized spacial score (nSPS) is 10.3. The number of anilines is 2. The third-order valence-corrected chi connectivity index (χ3v) is 2.46. The number of urea groups is 1. The number of nitrogens with two attached hydrogens (primary N) is 1. The number of likely N-dealkylation sites (N-methyl/N-ethyl adjacent to an activating group) is 1. The van der Waals surface area contributed by atoms with Crippen LogP contribution in [0.1, 0.15) is 6.92 Å². The standard InChI is InChI=1S/C12H20N4O/c1-3-16(2)8-7-14-12(17)15-11-6-4-5-10(13)9-11/h4-6,9H,3,7-8,13H2,1-2H3,(H2,14,15,17). The van der Waals surface area contributed by atoms with Crippen molar-refractivity contribution in [1.29, 1.82) is 0 Å². The average molecular weight is 236 g/mol. The molecule has 1 rings (SSSR count). The van der Waals surface area contributed by atoms with Gasteiger partial charge in [0, 0.05) is 24.5 Å². The second kappa shape index (κ2) is 6.75. The summed E-state index contributed by atoms with van der Waals surface area (Å²) in [6, 6.07) is 6.89. The van der Waals surface area contributed by atoms with E-state index < -0.39 is 0 Å². The lowest BCUT2D eigenvalue weighted by Gasteiger charge is -2.14. The minimum atomic E-state index is -0.208. The molecule has 5 heteroatoms. The molecule has 5 nitrogen and oxygen atoms in total. The lowest BCUT2D eigenvalue weighted by atomic mass is 10.3. The van der Waals surface area contributed by atoms with Gasteiger partial charge in [0.25, 0.3) is 0 Å². The summed E-state index contributed by atoms with van der Waals surface area (Å²) in [6.45, 7) is 4.50. The van der Waals surface area contributed by atoms with Gasteiger partial charge < -0.3 is 21.3 Å². The van der Waals surface area contributed by atoms with Crippen LogP contribution in [0.15, 0.2) is 24.3 Å². The van der Waals surface area contributed by atoms with E-state index in [1.807, 2.05) is 7.05 Å². The Bertz CT molecular complexity index is 367. The Hall–Kier alpha value is -1.75. The van der Waals surface area contributed by atoms with Crippen LogP contribution in [0.3, 0.4) is 0 Å². The van der Waals surface area contributed by atoms with Crippen molar-refractivity contribution in [3.05, 3.63) is 24.3 Å². The SMILES string of the molecule is CCN(C)CCNC(=O)Nc1cccc(N)c1. The molecule has 0 aliphatic heterocycles. The van der Waals surface area contributed by atoms with Crippen LogP contribution in [0, 0.1) is 0 Å². The van der Waals surface area contributed by atoms with Gasteiger partial charge in [0.2, 0.25) is 0 Å². The molecule has 0 aromatic heterocycles. The number of amides is 2. The summed E-state index contributed by atoms with van der Waals surface area (Å²) < 4.78 is 0. The Kier molecular flexibility index (Phi) is 5.29. The van der Waals surface area contributed by atoms with Gasteiger partial charge in [-0.15, -0.1) is 0 Å². The smallest absolute Gasteiger partial charge is 0.319 e. The first-order valence-corrected chi connectivity index (χ1v) is 5.70. The Morgan fingerprint density at radius 3 is 2.88 bits per heavy atom. The monoisotopic (exact) mass is 236 g/mol. The number of carbonyl (C=O) groups is 1. The summed E-state index contributed by atoms with van der Waals surface area (Å²) in [5.41, 5.74) is 6.95. The molecule has 0 radical (unpaired) electrons.